The predicted molar refractivity (Wildman–Crippen MR) is 269 cm³/mol. The molecule has 6 nitrogen and oxygen atoms in total. The molecule has 0 spiro atoms. The fourth-order valence-electron chi connectivity index (χ4n) is 9.14. The highest BCUT2D eigenvalue weighted by Gasteiger charge is 2.24. The molecule has 0 aliphatic carbocycles. The lowest BCUT2D eigenvalue weighted by Crippen LogP contribution is -2.46. The third-order valence-corrected chi connectivity index (χ3v) is 13.4. The van der Waals surface area contributed by atoms with Gasteiger partial charge in [0.2, 0.25) is 5.91 Å². The molecule has 62 heavy (non-hydrogen) atoms. The molecular formula is C56H111NO5. The molecule has 0 saturated heterocycles. The van der Waals surface area contributed by atoms with Gasteiger partial charge in [0.05, 0.1) is 25.2 Å². The molecule has 0 bridgehead atoms. The first-order valence-electron chi connectivity index (χ1n) is 28.3. The number of esters is 1. The third-order valence-electron chi connectivity index (χ3n) is 13.4. The zero-order chi connectivity index (χ0) is 45.2. The van der Waals surface area contributed by atoms with Gasteiger partial charge in [-0.15, -0.1) is 0 Å². The summed E-state index contributed by atoms with van der Waals surface area (Å²) < 4.78 is 5.95. The standard InChI is InChI=1S/C56H111NO5/c1-4-7-10-13-16-19-22-24-26-28-29-31-33-36-39-42-45-48-54(59)53(51-58)57-55(60)50-52(47-44-41-38-35-21-18-15-12-9-6-3)62-56(61)49-46-43-40-37-34-32-30-27-25-23-20-17-14-11-8-5-2/h52-54,58-59H,4-51H2,1-3H3,(H,57,60). The number of hydrogen-bond acceptors (Lipinski definition) is 5. The van der Waals surface area contributed by atoms with Gasteiger partial charge in [-0.05, 0) is 25.7 Å². The van der Waals surface area contributed by atoms with E-state index in [1.165, 1.54) is 238 Å². The fraction of sp³-hybridized carbons (Fsp3) is 0.964. The quantitative estimate of drug-likeness (QED) is 0.0418. The van der Waals surface area contributed by atoms with E-state index >= 15 is 0 Å². The smallest absolute Gasteiger partial charge is 0.306 e. The number of nitrogens with one attached hydrogen (secondary N) is 1. The molecular weight excluding hydrogens is 767 g/mol. The van der Waals surface area contributed by atoms with Crippen LogP contribution in [0.1, 0.15) is 323 Å². The molecule has 370 valence electrons. The average Bonchev–Trinajstić information content (AvgIpc) is 3.26. The van der Waals surface area contributed by atoms with Crippen LogP contribution in [0.15, 0.2) is 0 Å². The number of carbonyl (C=O) groups excluding carboxylic acids is 2. The maximum atomic E-state index is 13.2. The highest BCUT2D eigenvalue weighted by atomic mass is 16.5. The first-order chi connectivity index (χ1) is 30.5. The molecule has 1 amide bonds. The highest BCUT2D eigenvalue weighted by Crippen LogP contribution is 2.19. The van der Waals surface area contributed by atoms with Crippen molar-refractivity contribution in [3.05, 3.63) is 0 Å². The van der Waals surface area contributed by atoms with E-state index in [2.05, 4.69) is 26.1 Å². The largest absolute Gasteiger partial charge is 0.462 e. The molecule has 3 N–H and O–H groups in total. The van der Waals surface area contributed by atoms with Crippen molar-refractivity contribution in [1.82, 2.24) is 5.32 Å². The van der Waals surface area contributed by atoms with Crippen molar-refractivity contribution >= 4 is 11.9 Å². The van der Waals surface area contributed by atoms with Crippen LogP contribution in [0.4, 0.5) is 0 Å². The Morgan fingerprint density at radius 1 is 0.403 bits per heavy atom. The van der Waals surface area contributed by atoms with Gasteiger partial charge in [0.1, 0.15) is 6.10 Å². The Bertz CT molecular complexity index is 898. The zero-order valence-corrected chi connectivity index (χ0v) is 42.3. The number of unbranched alkanes of at least 4 members (excludes halogenated alkanes) is 40. The van der Waals surface area contributed by atoms with Crippen molar-refractivity contribution in [1.29, 1.82) is 0 Å². The van der Waals surface area contributed by atoms with Gasteiger partial charge in [0.25, 0.3) is 0 Å². The van der Waals surface area contributed by atoms with E-state index in [4.69, 9.17) is 4.74 Å². The Morgan fingerprint density at radius 3 is 0.984 bits per heavy atom. The number of aliphatic hydroxyl groups excluding tert-OH is 2. The molecule has 0 aromatic rings. The second-order valence-electron chi connectivity index (χ2n) is 19.7. The van der Waals surface area contributed by atoms with Crippen LogP contribution in [0.25, 0.3) is 0 Å². The Morgan fingerprint density at radius 2 is 0.677 bits per heavy atom. The average molecular weight is 879 g/mol. The summed E-state index contributed by atoms with van der Waals surface area (Å²) >= 11 is 0. The molecule has 0 aliphatic rings. The van der Waals surface area contributed by atoms with Crippen molar-refractivity contribution < 1.29 is 24.5 Å². The highest BCUT2D eigenvalue weighted by molar-refractivity contribution is 5.77. The van der Waals surface area contributed by atoms with Crippen molar-refractivity contribution in [3.8, 4) is 0 Å². The Kier molecular flexibility index (Phi) is 49.9. The maximum absolute atomic E-state index is 13.2. The molecule has 0 aromatic carbocycles. The zero-order valence-electron chi connectivity index (χ0n) is 42.3. The van der Waals surface area contributed by atoms with Gasteiger partial charge in [-0.1, -0.05) is 284 Å². The molecule has 0 aromatic heterocycles. The molecule has 0 heterocycles. The minimum Gasteiger partial charge on any atom is -0.462 e. The van der Waals surface area contributed by atoms with Gasteiger partial charge >= 0.3 is 5.97 Å². The number of ether oxygens (including phenoxy) is 1. The van der Waals surface area contributed by atoms with Gasteiger partial charge in [0.15, 0.2) is 0 Å². The first-order valence-corrected chi connectivity index (χ1v) is 28.3. The van der Waals surface area contributed by atoms with Crippen molar-refractivity contribution in [3.63, 3.8) is 0 Å². The summed E-state index contributed by atoms with van der Waals surface area (Å²) in [6.45, 7) is 6.52. The number of rotatable bonds is 52. The van der Waals surface area contributed by atoms with Gasteiger partial charge in [-0.3, -0.25) is 9.59 Å². The summed E-state index contributed by atoms with van der Waals surface area (Å²) in [5.41, 5.74) is 0. The van der Waals surface area contributed by atoms with E-state index in [1.807, 2.05) is 0 Å². The summed E-state index contributed by atoms with van der Waals surface area (Å²) in [6.07, 6.45) is 56.0. The van der Waals surface area contributed by atoms with Gasteiger partial charge in [-0.2, -0.15) is 0 Å². The van der Waals surface area contributed by atoms with Gasteiger partial charge in [0, 0.05) is 6.42 Å². The number of aliphatic hydroxyl groups is 2. The molecule has 3 atom stereocenters. The van der Waals surface area contributed by atoms with E-state index < -0.39 is 18.2 Å². The van der Waals surface area contributed by atoms with E-state index in [1.54, 1.807) is 0 Å². The monoisotopic (exact) mass is 878 g/mol. The Balaban J connectivity index is 4.37. The van der Waals surface area contributed by atoms with Crippen LogP contribution in [0.5, 0.6) is 0 Å². The molecule has 0 saturated carbocycles. The lowest BCUT2D eigenvalue weighted by atomic mass is 10.0. The number of hydrogen-bond donors (Lipinski definition) is 3. The fourth-order valence-corrected chi connectivity index (χ4v) is 9.14. The lowest BCUT2D eigenvalue weighted by molar-refractivity contribution is -0.151. The molecule has 0 rings (SSSR count). The van der Waals surface area contributed by atoms with Crippen LogP contribution in [-0.4, -0.2) is 46.9 Å². The van der Waals surface area contributed by atoms with E-state index in [9.17, 15) is 19.8 Å². The lowest BCUT2D eigenvalue weighted by Gasteiger charge is -2.24. The summed E-state index contributed by atoms with van der Waals surface area (Å²) in [4.78, 5) is 26.2. The maximum Gasteiger partial charge on any atom is 0.306 e. The van der Waals surface area contributed by atoms with Crippen LogP contribution in [-0.2, 0) is 14.3 Å². The minimum atomic E-state index is -0.779. The minimum absolute atomic E-state index is 0.0878. The third kappa shape index (κ3) is 45.4. The Hall–Kier alpha value is -1.14. The van der Waals surface area contributed by atoms with Crippen LogP contribution < -0.4 is 5.32 Å². The summed E-state index contributed by atoms with van der Waals surface area (Å²) in [6, 6.07) is -0.692. The molecule has 3 unspecified atom stereocenters. The molecule has 0 fully saturated rings. The summed E-state index contributed by atoms with van der Waals surface area (Å²) in [5.74, 6) is -0.449. The van der Waals surface area contributed by atoms with Gasteiger partial charge in [-0.25, -0.2) is 0 Å². The van der Waals surface area contributed by atoms with E-state index in [-0.39, 0.29) is 24.9 Å². The van der Waals surface area contributed by atoms with Gasteiger partial charge < -0.3 is 20.3 Å². The summed E-state index contributed by atoms with van der Waals surface area (Å²) in [7, 11) is 0. The van der Waals surface area contributed by atoms with Crippen molar-refractivity contribution in [2.24, 2.45) is 0 Å². The van der Waals surface area contributed by atoms with Crippen LogP contribution >= 0.6 is 0 Å². The first kappa shape index (κ1) is 60.9. The van der Waals surface area contributed by atoms with E-state index in [0.29, 0.717) is 19.3 Å². The SMILES string of the molecule is CCCCCCCCCCCCCCCCCCCC(O)C(CO)NC(=O)CC(CCCCCCCCCCCC)OC(=O)CCCCCCCCCCCCCCCCCC. The van der Waals surface area contributed by atoms with Crippen molar-refractivity contribution in [2.75, 3.05) is 6.61 Å². The molecule has 6 heteroatoms. The predicted octanol–water partition coefficient (Wildman–Crippen LogP) is 17.1. The normalized spacial score (nSPS) is 13.0. The number of carbonyl (C=O) groups is 2. The Labute approximate surface area is 387 Å². The van der Waals surface area contributed by atoms with Crippen molar-refractivity contribution in [2.45, 2.75) is 341 Å². The van der Waals surface area contributed by atoms with E-state index in [0.717, 1.165) is 38.5 Å². The van der Waals surface area contributed by atoms with Crippen LogP contribution in [0.3, 0.4) is 0 Å². The number of amides is 1. The van der Waals surface area contributed by atoms with Crippen LogP contribution in [0.2, 0.25) is 0 Å². The molecule has 0 radical (unpaired) electrons. The second kappa shape index (κ2) is 50.9. The molecule has 0 aliphatic heterocycles. The topological polar surface area (TPSA) is 95.9 Å². The van der Waals surface area contributed by atoms with Crippen LogP contribution in [0, 0.1) is 0 Å². The second-order valence-corrected chi connectivity index (χ2v) is 19.7. The summed E-state index contributed by atoms with van der Waals surface area (Å²) in [5, 5.41) is 23.8.